The highest BCUT2D eigenvalue weighted by Gasteiger charge is 2.20. The molecule has 1 aromatic carbocycles. The van der Waals surface area contributed by atoms with Gasteiger partial charge in [-0.3, -0.25) is 10.1 Å². The summed E-state index contributed by atoms with van der Waals surface area (Å²) in [5.41, 5.74) is 3.09. The van der Waals surface area contributed by atoms with Crippen LogP contribution in [0.2, 0.25) is 0 Å². The van der Waals surface area contributed by atoms with Crippen LogP contribution in [-0.2, 0) is 14.6 Å². The first-order valence-corrected chi connectivity index (χ1v) is 12.0. The summed E-state index contributed by atoms with van der Waals surface area (Å²) in [7, 11) is -1.93. The van der Waals surface area contributed by atoms with Gasteiger partial charge < -0.3 is 9.30 Å². The van der Waals surface area contributed by atoms with Crippen LogP contribution < -0.4 is 10.1 Å². The predicted octanol–water partition coefficient (Wildman–Crippen LogP) is 3.29. The Morgan fingerprint density at radius 1 is 1.31 bits per heavy atom. The molecule has 0 saturated heterocycles. The Morgan fingerprint density at radius 2 is 2.03 bits per heavy atom. The third-order valence-electron chi connectivity index (χ3n) is 4.73. The van der Waals surface area contributed by atoms with Crippen LogP contribution in [-0.4, -0.2) is 42.0 Å². The Bertz CT molecular complexity index is 1350. The molecule has 1 amide bonds. The van der Waals surface area contributed by atoms with Gasteiger partial charge in [-0.25, -0.2) is 8.42 Å². The van der Waals surface area contributed by atoms with Gasteiger partial charge in [0.05, 0.1) is 18.6 Å². The Morgan fingerprint density at radius 3 is 2.69 bits per heavy atom. The van der Waals surface area contributed by atoms with Crippen molar-refractivity contribution in [2.24, 2.45) is 0 Å². The highest BCUT2D eigenvalue weighted by Crippen LogP contribution is 2.29. The van der Waals surface area contributed by atoms with E-state index in [1.54, 1.807) is 7.11 Å². The van der Waals surface area contributed by atoms with Gasteiger partial charge in [0, 0.05) is 11.4 Å². The third-order valence-corrected chi connectivity index (χ3v) is 7.75. The average molecular weight is 472 g/mol. The van der Waals surface area contributed by atoms with Gasteiger partial charge in [-0.05, 0) is 43.7 Å². The summed E-state index contributed by atoms with van der Waals surface area (Å²) >= 11 is 0.741. The number of ether oxygens (including phenoxy) is 1. The molecule has 0 fully saturated rings. The predicted molar refractivity (Wildman–Crippen MR) is 122 cm³/mol. The van der Waals surface area contributed by atoms with Crippen molar-refractivity contribution >= 4 is 38.3 Å². The number of carbonyl (C=O) groups is 1. The summed E-state index contributed by atoms with van der Waals surface area (Å²) in [6, 6.07) is 11.3. The number of anilines is 1. The zero-order valence-corrected chi connectivity index (χ0v) is 19.5. The average Bonchev–Trinajstić information content (AvgIpc) is 3.36. The van der Waals surface area contributed by atoms with Crippen LogP contribution in [0.5, 0.6) is 5.75 Å². The zero-order chi connectivity index (χ0) is 23.5. The second kappa shape index (κ2) is 9.33. The molecule has 3 rings (SSSR count). The number of para-hydroxylation sites is 2. The van der Waals surface area contributed by atoms with Crippen molar-refractivity contribution in [2.45, 2.75) is 25.1 Å². The van der Waals surface area contributed by atoms with E-state index < -0.39 is 15.7 Å². The summed E-state index contributed by atoms with van der Waals surface area (Å²) < 4.78 is 31.0. The number of nitrogens with zero attached hydrogens (tertiary/aromatic N) is 4. The largest absolute Gasteiger partial charge is 0.495 e. The lowest BCUT2D eigenvalue weighted by Gasteiger charge is -2.13. The number of hydrogen-bond acceptors (Lipinski definition) is 8. The monoisotopic (exact) mass is 471 g/mol. The molecule has 0 radical (unpaired) electrons. The Kier molecular flexibility index (Phi) is 6.76. The topological polar surface area (TPSA) is 127 Å². The lowest BCUT2D eigenvalue weighted by atomic mass is 10.1. The lowest BCUT2D eigenvalue weighted by Crippen LogP contribution is -2.13. The lowest BCUT2D eigenvalue weighted by molar-refractivity contribution is -0.112. The van der Waals surface area contributed by atoms with E-state index in [1.807, 2.05) is 54.8 Å². The minimum Gasteiger partial charge on any atom is -0.495 e. The maximum Gasteiger partial charge on any atom is 0.268 e. The molecule has 0 bridgehead atoms. The third kappa shape index (κ3) is 4.56. The number of amides is 1. The number of hydrogen-bond donors (Lipinski definition) is 1. The Balaban J connectivity index is 1.92. The van der Waals surface area contributed by atoms with E-state index >= 15 is 0 Å². The number of benzene rings is 1. The number of sulfone groups is 1. The van der Waals surface area contributed by atoms with Gasteiger partial charge in [-0.15, -0.1) is 10.2 Å². The van der Waals surface area contributed by atoms with E-state index in [-0.39, 0.29) is 20.8 Å². The van der Waals surface area contributed by atoms with Gasteiger partial charge in [0.15, 0.2) is 0 Å². The van der Waals surface area contributed by atoms with Crippen LogP contribution in [0.25, 0.3) is 11.8 Å². The first kappa shape index (κ1) is 23.2. The van der Waals surface area contributed by atoms with E-state index in [4.69, 9.17) is 4.74 Å². The van der Waals surface area contributed by atoms with E-state index in [2.05, 4.69) is 15.5 Å². The van der Waals surface area contributed by atoms with Gasteiger partial charge in [0.2, 0.25) is 19.3 Å². The van der Waals surface area contributed by atoms with Crippen LogP contribution in [0.1, 0.15) is 23.9 Å². The Hall–Kier alpha value is -3.49. The normalized spacial score (nSPS) is 11.8. The fourth-order valence-electron chi connectivity index (χ4n) is 3.10. The number of rotatable bonds is 7. The summed E-state index contributed by atoms with van der Waals surface area (Å²) in [6.07, 6.45) is 1.48. The first-order valence-electron chi connectivity index (χ1n) is 9.53. The van der Waals surface area contributed by atoms with Crippen LogP contribution in [0.4, 0.5) is 5.13 Å². The molecule has 2 aromatic heterocycles. The van der Waals surface area contributed by atoms with Crippen LogP contribution in [0.15, 0.2) is 40.2 Å². The van der Waals surface area contributed by atoms with Crippen molar-refractivity contribution in [2.75, 3.05) is 18.2 Å². The highest BCUT2D eigenvalue weighted by molar-refractivity contribution is 7.93. The fraction of sp³-hybridized carbons (Fsp3) is 0.238. The van der Waals surface area contributed by atoms with Gasteiger partial charge in [-0.2, -0.15) is 5.26 Å². The molecule has 0 aliphatic heterocycles. The second-order valence-corrected chi connectivity index (χ2v) is 10.2. The minimum atomic E-state index is -3.53. The zero-order valence-electron chi connectivity index (χ0n) is 17.9. The van der Waals surface area contributed by atoms with Crippen molar-refractivity contribution < 1.29 is 17.9 Å². The highest BCUT2D eigenvalue weighted by atomic mass is 32.2. The molecule has 11 heteroatoms. The van der Waals surface area contributed by atoms with Crippen molar-refractivity contribution in [3.05, 3.63) is 52.9 Å². The van der Waals surface area contributed by atoms with Crippen molar-refractivity contribution in [3.8, 4) is 17.5 Å². The number of aryl methyl sites for hydroxylation is 1. The van der Waals surface area contributed by atoms with Gasteiger partial charge in [-0.1, -0.05) is 30.4 Å². The van der Waals surface area contributed by atoms with Crippen LogP contribution >= 0.6 is 11.3 Å². The molecule has 32 heavy (non-hydrogen) atoms. The minimum absolute atomic E-state index is 0.00247. The SMILES string of the molecule is CCS(=O)(=O)c1nnc(NC(=O)/C(C#N)=C\c2cc(C)n(-c3ccccc3OC)c2C)s1. The second-order valence-electron chi connectivity index (χ2n) is 6.73. The standard InChI is InChI=1S/C21H21N5O4S2/c1-5-32(28,29)21-25-24-20(31-21)23-19(27)16(12-22)11-15-10-13(2)26(14(15)3)17-8-6-7-9-18(17)30-4/h6-11H,5H2,1-4H3,(H,23,24,27)/b16-11-. The number of nitrogens with one attached hydrogen (secondary N) is 1. The van der Waals surface area contributed by atoms with Crippen molar-refractivity contribution in [1.29, 1.82) is 5.26 Å². The maximum atomic E-state index is 12.6. The van der Waals surface area contributed by atoms with Gasteiger partial charge >= 0.3 is 0 Å². The smallest absolute Gasteiger partial charge is 0.268 e. The van der Waals surface area contributed by atoms with E-state index in [9.17, 15) is 18.5 Å². The first-order chi connectivity index (χ1) is 15.2. The Labute approximate surface area is 189 Å². The van der Waals surface area contributed by atoms with E-state index in [0.717, 1.165) is 28.4 Å². The summed E-state index contributed by atoms with van der Waals surface area (Å²) in [5.74, 6) is -0.135. The molecule has 0 aliphatic rings. The maximum absolute atomic E-state index is 12.6. The van der Waals surface area contributed by atoms with Gasteiger partial charge in [0.25, 0.3) is 5.91 Å². The quantitative estimate of drug-likeness (QED) is 0.318. The molecule has 9 nitrogen and oxygen atoms in total. The van der Waals surface area contributed by atoms with E-state index in [1.165, 1.54) is 13.0 Å². The summed E-state index contributed by atoms with van der Waals surface area (Å²) in [4.78, 5) is 12.6. The molecule has 0 aliphatic carbocycles. The molecular weight excluding hydrogens is 450 g/mol. The molecule has 0 atom stereocenters. The molecule has 0 spiro atoms. The molecule has 3 aromatic rings. The number of methoxy groups -OCH3 is 1. The van der Waals surface area contributed by atoms with Crippen molar-refractivity contribution in [3.63, 3.8) is 0 Å². The molecule has 2 heterocycles. The number of carbonyl (C=O) groups excluding carboxylic acids is 1. The van der Waals surface area contributed by atoms with Crippen LogP contribution in [0, 0.1) is 25.2 Å². The van der Waals surface area contributed by atoms with Crippen LogP contribution in [0.3, 0.4) is 0 Å². The molecule has 0 unspecified atom stereocenters. The van der Waals surface area contributed by atoms with Crippen molar-refractivity contribution in [1.82, 2.24) is 14.8 Å². The number of nitriles is 1. The summed E-state index contributed by atoms with van der Waals surface area (Å²) in [6.45, 7) is 5.29. The number of aromatic nitrogens is 3. The summed E-state index contributed by atoms with van der Waals surface area (Å²) in [5, 5.41) is 19.3. The molecule has 166 valence electrons. The fourth-order valence-corrected chi connectivity index (χ4v) is 5.08. The molecule has 1 N–H and O–H groups in total. The molecular formula is C21H21N5O4S2. The molecule has 0 saturated carbocycles. The van der Waals surface area contributed by atoms with E-state index in [0.29, 0.717) is 11.3 Å². The van der Waals surface area contributed by atoms with Gasteiger partial charge in [0.1, 0.15) is 17.4 Å².